The predicted molar refractivity (Wildman–Crippen MR) is 84.9 cm³/mol. The maximum atomic E-state index is 13.9. The Morgan fingerprint density at radius 1 is 1.48 bits per heavy atom. The van der Waals surface area contributed by atoms with E-state index in [0.29, 0.717) is 30.0 Å². The number of rotatable bonds is 5. The third kappa shape index (κ3) is 3.77. The van der Waals surface area contributed by atoms with Crippen molar-refractivity contribution in [2.45, 2.75) is 31.6 Å². The molecule has 1 aromatic rings. The van der Waals surface area contributed by atoms with Gasteiger partial charge in [-0.25, -0.2) is 4.39 Å². The average Bonchev–Trinajstić information content (AvgIpc) is 2.48. The van der Waals surface area contributed by atoms with Gasteiger partial charge >= 0.3 is 0 Å². The summed E-state index contributed by atoms with van der Waals surface area (Å²) in [5.74, 6) is 0.705. The number of methoxy groups -OCH3 is 1. The molecular weight excluding hydrogens is 289 g/mol. The average molecular weight is 311 g/mol. The van der Waals surface area contributed by atoms with E-state index in [-0.39, 0.29) is 11.3 Å². The summed E-state index contributed by atoms with van der Waals surface area (Å²) in [5, 5.41) is 0.567. The summed E-state index contributed by atoms with van der Waals surface area (Å²) in [4.78, 5) is 14.6. The van der Waals surface area contributed by atoms with Crippen LogP contribution in [0, 0.1) is 5.82 Å². The van der Waals surface area contributed by atoms with Crippen molar-refractivity contribution in [3.8, 4) is 5.75 Å². The molecule has 1 aromatic carbocycles. The first kappa shape index (κ1) is 16.3. The summed E-state index contributed by atoms with van der Waals surface area (Å²) in [5.41, 5.74) is 0.0760. The molecule has 5 heteroatoms. The third-order valence-electron chi connectivity index (χ3n) is 4.11. The van der Waals surface area contributed by atoms with E-state index in [1.807, 2.05) is 11.8 Å². The van der Waals surface area contributed by atoms with Crippen LogP contribution in [-0.4, -0.2) is 47.9 Å². The van der Waals surface area contributed by atoms with Crippen LogP contribution in [-0.2, 0) is 0 Å². The molecule has 0 radical (unpaired) electrons. The van der Waals surface area contributed by atoms with E-state index in [1.54, 1.807) is 12.1 Å². The highest BCUT2D eigenvalue weighted by Gasteiger charge is 2.26. The molecular formula is C16H22FNO2S. The van der Waals surface area contributed by atoms with E-state index in [1.165, 1.54) is 13.2 Å². The number of hydrogen-bond acceptors (Lipinski definition) is 4. The molecule has 0 N–H and O–H groups in total. The smallest absolute Gasteiger partial charge is 0.170 e. The van der Waals surface area contributed by atoms with Gasteiger partial charge in [0.2, 0.25) is 0 Å². The molecule has 116 valence electrons. The summed E-state index contributed by atoms with van der Waals surface area (Å²) < 4.78 is 19.0. The number of ketones is 1. The Hall–Kier alpha value is -1.07. The number of benzene rings is 1. The third-order valence-corrected chi connectivity index (χ3v) is 5.45. The number of hydrogen-bond donors (Lipinski definition) is 0. The molecule has 0 bridgehead atoms. The van der Waals surface area contributed by atoms with Crippen LogP contribution in [0.15, 0.2) is 18.2 Å². The van der Waals surface area contributed by atoms with Crippen LogP contribution >= 0.6 is 11.8 Å². The van der Waals surface area contributed by atoms with Gasteiger partial charge in [-0.2, -0.15) is 11.8 Å². The Labute approximate surface area is 129 Å². The molecule has 2 atom stereocenters. The maximum Gasteiger partial charge on any atom is 0.170 e. The van der Waals surface area contributed by atoms with Crippen LogP contribution in [0.25, 0.3) is 0 Å². The number of Topliss-reactive ketones (excluding diaryl/α,β-unsaturated/α-hetero) is 1. The van der Waals surface area contributed by atoms with E-state index in [9.17, 15) is 9.18 Å². The highest BCUT2D eigenvalue weighted by molar-refractivity contribution is 8.00. The fourth-order valence-electron chi connectivity index (χ4n) is 2.63. The van der Waals surface area contributed by atoms with Gasteiger partial charge in [0, 0.05) is 36.6 Å². The van der Waals surface area contributed by atoms with Crippen molar-refractivity contribution in [1.29, 1.82) is 0 Å². The van der Waals surface area contributed by atoms with Gasteiger partial charge in [0.15, 0.2) is 5.78 Å². The molecule has 0 aliphatic carbocycles. The lowest BCUT2D eigenvalue weighted by Crippen LogP contribution is -2.45. The second-order valence-corrected chi connectivity index (χ2v) is 6.83. The lowest BCUT2D eigenvalue weighted by molar-refractivity contribution is 0.0947. The molecule has 2 rings (SSSR count). The Kier molecular flexibility index (Phi) is 5.65. The van der Waals surface area contributed by atoms with Gasteiger partial charge < -0.3 is 4.74 Å². The summed E-state index contributed by atoms with van der Waals surface area (Å²) in [7, 11) is 1.46. The molecule has 1 saturated heterocycles. The molecule has 2 unspecified atom stereocenters. The SMILES string of the molecule is COc1cccc(F)c1C(=O)CCN1CCSC(C)C1C. The maximum absolute atomic E-state index is 13.9. The molecule has 1 fully saturated rings. The first-order valence-corrected chi connectivity index (χ1v) is 8.30. The molecule has 0 amide bonds. The van der Waals surface area contributed by atoms with Gasteiger partial charge in [-0.05, 0) is 19.1 Å². The second-order valence-electron chi connectivity index (χ2n) is 5.34. The Morgan fingerprint density at radius 2 is 2.24 bits per heavy atom. The van der Waals surface area contributed by atoms with Crippen LogP contribution in [0.2, 0.25) is 0 Å². The Balaban J connectivity index is 2.02. The van der Waals surface area contributed by atoms with Gasteiger partial charge in [-0.1, -0.05) is 13.0 Å². The van der Waals surface area contributed by atoms with Crippen LogP contribution in [0.4, 0.5) is 4.39 Å². The predicted octanol–water partition coefficient (Wildman–Crippen LogP) is 3.23. The van der Waals surface area contributed by atoms with Gasteiger partial charge in [0.25, 0.3) is 0 Å². The van der Waals surface area contributed by atoms with Crippen molar-refractivity contribution in [3.63, 3.8) is 0 Å². The van der Waals surface area contributed by atoms with Crippen molar-refractivity contribution in [1.82, 2.24) is 4.90 Å². The number of halogens is 1. The lowest BCUT2D eigenvalue weighted by atomic mass is 10.1. The molecule has 0 spiro atoms. The largest absolute Gasteiger partial charge is 0.496 e. The first-order valence-electron chi connectivity index (χ1n) is 7.26. The summed E-state index contributed by atoms with van der Waals surface area (Å²) in [6, 6.07) is 4.92. The second kappa shape index (κ2) is 7.27. The van der Waals surface area contributed by atoms with Crippen molar-refractivity contribution < 1.29 is 13.9 Å². The summed E-state index contributed by atoms with van der Waals surface area (Å²) in [6.07, 6.45) is 0.318. The number of ether oxygens (including phenoxy) is 1. The minimum Gasteiger partial charge on any atom is -0.496 e. The van der Waals surface area contributed by atoms with Crippen molar-refractivity contribution >= 4 is 17.5 Å². The molecule has 1 heterocycles. The number of nitrogens with zero attached hydrogens (tertiary/aromatic N) is 1. The van der Waals surface area contributed by atoms with Crippen molar-refractivity contribution in [2.75, 3.05) is 26.0 Å². The molecule has 1 aliphatic heterocycles. The molecule has 1 aliphatic rings. The Morgan fingerprint density at radius 3 is 2.95 bits per heavy atom. The van der Waals surface area contributed by atoms with Gasteiger partial charge in [-0.15, -0.1) is 0 Å². The number of carbonyl (C=O) groups is 1. The van der Waals surface area contributed by atoms with E-state index < -0.39 is 5.82 Å². The van der Waals surface area contributed by atoms with Gasteiger partial charge in [0.1, 0.15) is 11.6 Å². The van der Waals surface area contributed by atoms with Crippen molar-refractivity contribution in [3.05, 3.63) is 29.6 Å². The van der Waals surface area contributed by atoms with Crippen LogP contribution in [0.1, 0.15) is 30.6 Å². The highest BCUT2D eigenvalue weighted by Crippen LogP contribution is 2.26. The fourth-order valence-corrected chi connectivity index (χ4v) is 3.79. The van der Waals surface area contributed by atoms with E-state index in [0.717, 1.165) is 12.3 Å². The van der Waals surface area contributed by atoms with Gasteiger partial charge in [0.05, 0.1) is 12.7 Å². The van der Waals surface area contributed by atoms with Crippen LogP contribution in [0.5, 0.6) is 5.75 Å². The van der Waals surface area contributed by atoms with E-state index >= 15 is 0 Å². The summed E-state index contributed by atoms with van der Waals surface area (Å²) >= 11 is 1.96. The standard InChI is InChI=1S/C16H22FNO2S/c1-11-12(2)21-10-9-18(11)8-7-14(19)16-13(17)5-4-6-15(16)20-3/h4-6,11-12H,7-10H2,1-3H3. The van der Waals surface area contributed by atoms with E-state index in [2.05, 4.69) is 18.7 Å². The van der Waals surface area contributed by atoms with E-state index in [4.69, 9.17) is 4.74 Å². The molecule has 0 saturated carbocycles. The molecule has 0 aromatic heterocycles. The van der Waals surface area contributed by atoms with Gasteiger partial charge in [-0.3, -0.25) is 9.69 Å². The zero-order valence-corrected chi connectivity index (χ0v) is 13.6. The molecule has 3 nitrogen and oxygen atoms in total. The highest BCUT2D eigenvalue weighted by atomic mass is 32.2. The topological polar surface area (TPSA) is 29.5 Å². The number of carbonyl (C=O) groups excluding carboxylic acids is 1. The van der Waals surface area contributed by atoms with Crippen LogP contribution < -0.4 is 4.74 Å². The normalized spacial score (nSPS) is 23.0. The molecule has 21 heavy (non-hydrogen) atoms. The quantitative estimate of drug-likeness (QED) is 0.781. The van der Waals surface area contributed by atoms with Crippen molar-refractivity contribution in [2.24, 2.45) is 0 Å². The minimum atomic E-state index is -0.505. The zero-order chi connectivity index (χ0) is 15.4. The summed E-state index contributed by atoms with van der Waals surface area (Å²) in [6.45, 7) is 6.05. The van der Waals surface area contributed by atoms with Crippen LogP contribution in [0.3, 0.4) is 0 Å². The fraction of sp³-hybridized carbons (Fsp3) is 0.562. The Bertz CT molecular complexity index is 509. The number of thioether (sulfide) groups is 1. The zero-order valence-electron chi connectivity index (χ0n) is 12.8. The minimum absolute atomic E-state index is 0.0760. The monoisotopic (exact) mass is 311 g/mol. The lowest BCUT2D eigenvalue weighted by Gasteiger charge is -2.37. The first-order chi connectivity index (χ1) is 10.0.